The van der Waals surface area contributed by atoms with Gasteiger partial charge in [-0.1, -0.05) is 0 Å². The number of ether oxygens (including phenoxy) is 2. The topological polar surface area (TPSA) is 56.6 Å². The second kappa shape index (κ2) is 5.18. The molecule has 94 valence electrons. The molecule has 1 saturated heterocycles. The lowest BCUT2D eigenvalue weighted by atomic mass is 10.3. The first-order chi connectivity index (χ1) is 8.22. The van der Waals surface area contributed by atoms with E-state index in [2.05, 4.69) is 10.00 Å². The van der Waals surface area contributed by atoms with E-state index in [1.165, 1.54) is 4.68 Å². The highest BCUT2D eigenvalue weighted by molar-refractivity contribution is 5.54. The molecule has 1 aliphatic rings. The Labute approximate surface area is 99.7 Å². The second-order valence-corrected chi connectivity index (χ2v) is 3.83. The van der Waals surface area contributed by atoms with Crippen molar-refractivity contribution in [2.75, 3.05) is 37.8 Å². The van der Waals surface area contributed by atoms with Gasteiger partial charge in [-0.05, 0) is 6.92 Å². The number of nitrogens with zero attached hydrogens (tertiary/aromatic N) is 3. The monoisotopic (exact) mass is 239 g/mol. The van der Waals surface area contributed by atoms with E-state index in [9.17, 15) is 4.79 Å². The standard InChI is InChI=1S/C11H17N3O3/c1-3-17-11-9(8-10(15)13(2)12-11)14-4-6-16-7-5-14/h8H,3-7H2,1-2H3. The molecule has 1 aliphatic heterocycles. The molecule has 0 bridgehead atoms. The zero-order chi connectivity index (χ0) is 12.3. The highest BCUT2D eigenvalue weighted by Crippen LogP contribution is 2.24. The van der Waals surface area contributed by atoms with Crippen molar-refractivity contribution in [2.45, 2.75) is 6.92 Å². The molecule has 6 nitrogen and oxygen atoms in total. The summed E-state index contributed by atoms with van der Waals surface area (Å²) in [6.45, 7) is 5.28. The zero-order valence-electron chi connectivity index (χ0n) is 10.2. The molecule has 0 unspecified atom stereocenters. The van der Waals surface area contributed by atoms with Crippen molar-refractivity contribution >= 4 is 5.69 Å². The molecule has 1 aromatic heterocycles. The molecule has 0 N–H and O–H groups in total. The summed E-state index contributed by atoms with van der Waals surface area (Å²) in [5.41, 5.74) is 0.633. The van der Waals surface area contributed by atoms with Crippen LogP contribution in [-0.2, 0) is 11.8 Å². The predicted molar refractivity (Wildman–Crippen MR) is 63.7 cm³/mol. The minimum atomic E-state index is -0.130. The Morgan fingerprint density at radius 1 is 1.47 bits per heavy atom. The fraction of sp³-hybridized carbons (Fsp3) is 0.636. The lowest BCUT2D eigenvalue weighted by Crippen LogP contribution is -2.37. The molecule has 1 fully saturated rings. The second-order valence-electron chi connectivity index (χ2n) is 3.83. The van der Waals surface area contributed by atoms with E-state index in [0.717, 1.165) is 18.8 Å². The molecule has 0 atom stereocenters. The van der Waals surface area contributed by atoms with Crippen molar-refractivity contribution in [3.8, 4) is 5.88 Å². The predicted octanol–water partition coefficient (Wildman–Crippen LogP) is 0.0156. The average Bonchev–Trinajstić information content (AvgIpc) is 2.35. The Kier molecular flexibility index (Phi) is 3.63. The quantitative estimate of drug-likeness (QED) is 0.744. The summed E-state index contributed by atoms with van der Waals surface area (Å²) in [6, 6.07) is 1.57. The largest absolute Gasteiger partial charge is 0.475 e. The van der Waals surface area contributed by atoms with Crippen molar-refractivity contribution in [3.05, 3.63) is 16.4 Å². The minimum absolute atomic E-state index is 0.130. The lowest BCUT2D eigenvalue weighted by Gasteiger charge is -2.29. The van der Waals surface area contributed by atoms with Gasteiger partial charge in [0, 0.05) is 26.2 Å². The molecular weight excluding hydrogens is 222 g/mol. The molecule has 0 aliphatic carbocycles. The molecule has 0 amide bonds. The van der Waals surface area contributed by atoms with Gasteiger partial charge in [0.05, 0.1) is 19.8 Å². The fourth-order valence-corrected chi connectivity index (χ4v) is 1.78. The highest BCUT2D eigenvalue weighted by atomic mass is 16.5. The van der Waals surface area contributed by atoms with Crippen molar-refractivity contribution in [1.29, 1.82) is 0 Å². The van der Waals surface area contributed by atoms with Gasteiger partial charge in [0.2, 0.25) is 0 Å². The van der Waals surface area contributed by atoms with Gasteiger partial charge >= 0.3 is 0 Å². The van der Waals surface area contributed by atoms with Crippen molar-refractivity contribution in [3.63, 3.8) is 0 Å². The van der Waals surface area contributed by atoms with Gasteiger partial charge in [0.1, 0.15) is 5.69 Å². The van der Waals surface area contributed by atoms with Gasteiger partial charge in [-0.2, -0.15) is 0 Å². The maximum absolute atomic E-state index is 11.6. The summed E-state index contributed by atoms with van der Waals surface area (Å²) in [5, 5.41) is 4.14. The molecule has 6 heteroatoms. The molecule has 2 heterocycles. The number of rotatable bonds is 3. The van der Waals surface area contributed by atoms with E-state index in [1.54, 1.807) is 13.1 Å². The van der Waals surface area contributed by atoms with E-state index in [-0.39, 0.29) is 5.56 Å². The van der Waals surface area contributed by atoms with Crippen LogP contribution in [0.1, 0.15) is 6.92 Å². The van der Waals surface area contributed by atoms with Crippen LogP contribution in [0.2, 0.25) is 0 Å². The van der Waals surface area contributed by atoms with Crippen molar-refractivity contribution < 1.29 is 9.47 Å². The van der Waals surface area contributed by atoms with Gasteiger partial charge < -0.3 is 14.4 Å². The number of aromatic nitrogens is 2. The molecule has 0 radical (unpaired) electrons. The minimum Gasteiger partial charge on any atom is -0.475 e. The van der Waals surface area contributed by atoms with Gasteiger partial charge in [-0.15, -0.1) is 5.10 Å². The van der Waals surface area contributed by atoms with E-state index < -0.39 is 0 Å². The maximum atomic E-state index is 11.6. The normalized spacial score (nSPS) is 16.0. The van der Waals surface area contributed by atoms with E-state index in [1.807, 2.05) is 6.92 Å². The SMILES string of the molecule is CCOc1nn(C)c(=O)cc1N1CCOCC1. The third-order valence-corrected chi connectivity index (χ3v) is 2.67. The van der Waals surface area contributed by atoms with E-state index in [4.69, 9.17) is 9.47 Å². The van der Waals surface area contributed by atoms with Gasteiger partial charge in [0.25, 0.3) is 11.4 Å². The first kappa shape index (κ1) is 11.9. The van der Waals surface area contributed by atoms with Crippen LogP contribution in [0.15, 0.2) is 10.9 Å². The molecule has 2 rings (SSSR count). The molecule has 0 spiro atoms. The fourth-order valence-electron chi connectivity index (χ4n) is 1.78. The van der Waals surface area contributed by atoms with Crippen LogP contribution in [0, 0.1) is 0 Å². The van der Waals surface area contributed by atoms with Crippen LogP contribution in [0.3, 0.4) is 0 Å². The summed E-state index contributed by atoms with van der Waals surface area (Å²) in [7, 11) is 1.62. The van der Waals surface area contributed by atoms with Crippen LogP contribution >= 0.6 is 0 Å². The van der Waals surface area contributed by atoms with Crippen LogP contribution < -0.4 is 15.2 Å². The highest BCUT2D eigenvalue weighted by Gasteiger charge is 2.18. The third-order valence-electron chi connectivity index (χ3n) is 2.67. The van der Waals surface area contributed by atoms with Gasteiger partial charge in [-0.25, -0.2) is 4.68 Å². The summed E-state index contributed by atoms with van der Waals surface area (Å²) in [4.78, 5) is 13.7. The number of hydrogen-bond donors (Lipinski definition) is 0. The van der Waals surface area contributed by atoms with Crippen LogP contribution in [0.5, 0.6) is 5.88 Å². The molecule has 0 aromatic carbocycles. The van der Waals surface area contributed by atoms with Crippen molar-refractivity contribution in [2.24, 2.45) is 7.05 Å². The lowest BCUT2D eigenvalue weighted by molar-refractivity contribution is 0.122. The van der Waals surface area contributed by atoms with Gasteiger partial charge in [0.15, 0.2) is 0 Å². The number of morpholine rings is 1. The Bertz CT molecular complexity index is 438. The first-order valence-electron chi connectivity index (χ1n) is 5.76. The van der Waals surface area contributed by atoms with Crippen LogP contribution in [0.25, 0.3) is 0 Å². The van der Waals surface area contributed by atoms with E-state index >= 15 is 0 Å². The molecule has 0 saturated carbocycles. The van der Waals surface area contributed by atoms with Gasteiger partial charge in [-0.3, -0.25) is 4.79 Å². The Balaban J connectivity index is 2.35. The molecule has 17 heavy (non-hydrogen) atoms. The number of aryl methyl sites for hydroxylation is 1. The Morgan fingerprint density at radius 3 is 2.82 bits per heavy atom. The molecule has 1 aromatic rings. The number of hydrogen-bond acceptors (Lipinski definition) is 5. The molecular formula is C11H17N3O3. The first-order valence-corrected chi connectivity index (χ1v) is 5.76. The Hall–Kier alpha value is -1.56. The third kappa shape index (κ3) is 2.58. The zero-order valence-corrected chi connectivity index (χ0v) is 10.2. The van der Waals surface area contributed by atoms with Crippen molar-refractivity contribution in [1.82, 2.24) is 9.78 Å². The maximum Gasteiger partial charge on any atom is 0.268 e. The van der Waals surface area contributed by atoms with Crippen LogP contribution in [0.4, 0.5) is 5.69 Å². The number of anilines is 1. The Morgan fingerprint density at radius 2 is 2.18 bits per heavy atom. The summed E-state index contributed by atoms with van der Waals surface area (Å²) >= 11 is 0. The van der Waals surface area contributed by atoms with E-state index in [0.29, 0.717) is 25.7 Å². The average molecular weight is 239 g/mol. The summed E-state index contributed by atoms with van der Waals surface area (Å²) < 4.78 is 12.0. The van der Waals surface area contributed by atoms with Crippen LogP contribution in [-0.4, -0.2) is 42.7 Å². The summed E-state index contributed by atoms with van der Waals surface area (Å²) in [6.07, 6.45) is 0. The summed E-state index contributed by atoms with van der Waals surface area (Å²) in [5.74, 6) is 0.511. The smallest absolute Gasteiger partial charge is 0.268 e.